The van der Waals surface area contributed by atoms with E-state index in [1.807, 2.05) is 4.90 Å². The fourth-order valence-electron chi connectivity index (χ4n) is 1.53. The Morgan fingerprint density at radius 3 is 2.93 bits per heavy atom. The second kappa shape index (κ2) is 6.23. The molecule has 0 aromatic heterocycles. The molecule has 1 heterocycles. The first-order valence-electron chi connectivity index (χ1n) is 5.23. The molecule has 0 aromatic carbocycles. The van der Waals surface area contributed by atoms with E-state index in [0.29, 0.717) is 12.3 Å². The molecule has 0 saturated heterocycles. The Labute approximate surface area is 94.5 Å². The maximum Gasteiger partial charge on any atom is 0.222 e. The number of rotatable bonds is 4. The Morgan fingerprint density at radius 1 is 1.57 bits per heavy atom. The summed E-state index contributed by atoms with van der Waals surface area (Å²) >= 11 is 3.37. The van der Waals surface area contributed by atoms with E-state index in [4.69, 9.17) is 0 Å². The van der Waals surface area contributed by atoms with Gasteiger partial charge in [0.25, 0.3) is 0 Å². The van der Waals surface area contributed by atoms with Crippen LogP contribution in [0.2, 0.25) is 0 Å². The van der Waals surface area contributed by atoms with Crippen LogP contribution in [0.4, 0.5) is 0 Å². The van der Waals surface area contributed by atoms with Crippen LogP contribution in [0.25, 0.3) is 0 Å². The van der Waals surface area contributed by atoms with Crippen molar-refractivity contribution in [2.75, 3.05) is 18.4 Å². The number of carbonyl (C=O) groups is 1. The number of alkyl halides is 1. The minimum absolute atomic E-state index is 0.315. The highest BCUT2D eigenvalue weighted by atomic mass is 79.9. The lowest BCUT2D eigenvalue weighted by Gasteiger charge is -2.25. The molecule has 0 radical (unpaired) electrons. The van der Waals surface area contributed by atoms with Crippen molar-refractivity contribution in [1.82, 2.24) is 4.90 Å². The highest BCUT2D eigenvalue weighted by molar-refractivity contribution is 9.09. The van der Waals surface area contributed by atoms with E-state index in [-0.39, 0.29) is 0 Å². The molecule has 1 rings (SSSR count). The predicted octanol–water partition coefficient (Wildman–Crippen LogP) is 2.73. The molecule has 1 aliphatic rings. The predicted molar refractivity (Wildman–Crippen MR) is 62.6 cm³/mol. The third-order valence-electron chi connectivity index (χ3n) is 2.56. The van der Waals surface area contributed by atoms with Crippen molar-refractivity contribution in [1.29, 1.82) is 0 Å². The summed E-state index contributed by atoms with van der Waals surface area (Å²) in [5.74, 6) is 0.315. The molecule has 3 heteroatoms. The summed E-state index contributed by atoms with van der Waals surface area (Å²) in [6, 6.07) is 0. The third-order valence-corrected chi connectivity index (χ3v) is 3.12. The van der Waals surface area contributed by atoms with Crippen LogP contribution in [-0.4, -0.2) is 29.2 Å². The molecule has 0 saturated carbocycles. The zero-order chi connectivity index (χ0) is 10.4. The second-order valence-electron chi connectivity index (χ2n) is 3.79. The van der Waals surface area contributed by atoms with Gasteiger partial charge >= 0.3 is 0 Å². The van der Waals surface area contributed by atoms with E-state index < -0.39 is 0 Å². The van der Waals surface area contributed by atoms with Gasteiger partial charge in [0, 0.05) is 24.8 Å². The van der Waals surface area contributed by atoms with Gasteiger partial charge in [0.05, 0.1) is 0 Å². The smallest absolute Gasteiger partial charge is 0.222 e. The summed E-state index contributed by atoms with van der Waals surface area (Å²) in [7, 11) is 0. The molecular weight excluding hydrogens is 242 g/mol. The van der Waals surface area contributed by atoms with E-state index in [1.54, 1.807) is 0 Å². The van der Waals surface area contributed by atoms with Crippen LogP contribution in [0, 0.1) is 0 Å². The Balaban J connectivity index is 2.25. The van der Waals surface area contributed by atoms with Crippen LogP contribution in [0.15, 0.2) is 11.6 Å². The van der Waals surface area contributed by atoms with Gasteiger partial charge in [0.2, 0.25) is 5.91 Å². The largest absolute Gasteiger partial charge is 0.339 e. The molecule has 14 heavy (non-hydrogen) atoms. The third kappa shape index (κ3) is 3.82. The number of unbranched alkanes of at least 4 members (excludes halogenated alkanes) is 1. The standard InChI is InChI=1S/C11H18BrNO/c1-10-5-8-13(9-6-10)11(14)4-2-3-7-12/h5H,2-4,6-9H2,1H3. The molecule has 0 spiro atoms. The lowest BCUT2D eigenvalue weighted by atomic mass is 10.1. The Hall–Kier alpha value is -0.310. The summed E-state index contributed by atoms with van der Waals surface area (Å²) in [5, 5.41) is 0.999. The van der Waals surface area contributed by atoms with Gasteiger partial charge in [0.15, 0.2) is 0 Å². The molecule has 0 aromatic rings. The molecule has 0 aliphatic carbocycles. The van der Waals surface area contributed by atoms with Crippen molar-refractivity contribution < 1.29 is 4.79 Å². The Morgan fingerprint density at radius 2 is 2.36 bits per heavy atom. The number of carbonyl (C=O) groups excluding carboxylic acids is 1. The van der Waals surface area contributed by atoms with E-state index in [0.717, 1.165) is 37.7 Å². The lowest BCUT2D eigenvalue weighted by Crippen LogP contribution is -2.34. The fraction of sp³-hybridized carbons (Fsp3) is 0.727. The zero-order valence-electron chi connectivity index (χ0n) is 8.76. The maximum atomic E-state index is 11.7. The molecular formula is C11H18BrNO. The molecule has 2 nitrogen and oxygen atoms in total. The van der Waals surface area contributed by atoms with Gasteiger partial charge in [-0.1, -0.05) is 27.6 Å². The van der Waals surface area contributed by atoms with Crippen LogP contribution in [0.1, 0.15) is 32.6 Å². The normalized spacial score (nSPS) is 16.7. The van der Waals surface area contributed by atoms with Crippen LogP contribution < -0.4 is 0 Å². The molecule has 1 amide bonds. The van der Waals surface area contributed by atoms with Crippen molar-refractivity contribution in [2.45, 2.75) is 32.6 Å². The van der Waals surface area contributed by atoms with Crippen LogP contribution in [0.5, 0.6) is 0 Å². The number of hydrogen-bond acceptors (Lipinski definition) is 1. The topological polar surface area (TPSA) is 20.3 Å². The summed E-state index contributed by atoms with van der Waals surface area (Å²) in [5.41, 5.74) is 1.41. The van der Waals surface area contributed by atoms with Crippen molar-refractivity contribution in [3.05, 3.63) is 11.6 Å². The quantitative estimate of drug-likeness (QED) is 0.432. The lowest BCUT2D eigenvalue weighted by molar-refractivity contribution is -0.130. The first-order chi connectivity index (χ1) is 6.74. The van der Waals surface area contributed by atoms with Gasteiger partial charge in [-0.2, -0.15) is 0 Å². The Bertz CT molecular complexity index is 225. The summed E-state index contributed by atoms with van der Waals surface area (Å²) in [4.78, 5) is 13.6. The first-order valence-corrected chi connectivity index (χ1v) is 6.35. The van der Waals surface area contributed by atoms with E-state index in [2.05, 4.69) is 28.9 Å². The second-order valence-corrected chi connectivity index (χ2v) is 4.58. The fourth-order valence-corrected chi connectivity index (χ4v) is 1.92. The monoisotopic (exact) mass is 259 g/mol. The first kappa shape index (κ1) is 11.8. The summed E-state index contributed by atoms with van der Waals surface area (Å²) in [6.45, 7) is 3.86. The number of hydrogen-bond donors (Lipinski definition) is 0. The van der Waals surface area contributed by atoms with Crippen molar-refractivity contribution in [3.63, 3.8) is 0 Å². The van der Waals surface area contributed by atoms with Gasteiger partial charge in [-0.15, -0.1) is 0 Å². The van der Waals surface area contributed by atoms with Crippen molar-refractivity contribution in [3.8, 4) is 0 Å². The summed E-state index contributed by atoms with van der Waals surface area (Å²) in [6.07, 6.45) is 6.01. The van der Waals surface area contributed by atoms with Crippen LogP contribution >= 0.6 is 15.9 Å². The van der Waals surface area contributed by atoms with Gasteiger partial charge in [-0.25, -0.2) is 0 Å². The van der Waals surface area contributed by atoms with Crippen molar-refractivity contribution in [2.24, 2.45) is 0 Å². The Kier molecular flexibility index (Phi) is 5.23. The minimum Gasteiger partial charge on any atom is -0.339 e. The van der Waals surface area contributed by atoms with E-state index >= 15 is 0 Å². The number of halogens is 1. The number of amides is 1. The molecule has 0 fully saturated rings. The molecule has 0 unspecified atom stereocenters. The molecule has 0 N–H and O–H groups in total. The summed E-state index contributed by atoms with van der Waals surface area (Å²) < 4.78 is 0. The molecule has 0 atom stereocenters. The van der Waals surface area contributed by atoms with Gasteiger partial charge in [-0.05, 0) is 26.2 Å². The maximum absolute atomic E-state index is 11.7. The SMILES string of the molecule is CC1=CCN(C(=O)CCCCBr)CC1. The van der Waals surface area contributed by atoms with Gasteiger partial charge in [-0.3, -0.25) is 4.79 Å². The zero-order valence-corrected chi connectivity index (χ0v) is 10.3. The van der Waals surface area contributed by atoms with Crippen LogP contribution in [-0.2, 0) is 4.79 Å². The highest BCUT2D eigenvalue weighted by Crippen LogP contribution is 2.11. The molecule has 1 aliphatic heterocycles. The molecule has 0 bridgehead atoms. The number of nitrogens with zero attached hydrogens (tertiary/aromatic N) is 1. The average molecular weight is 260 g/mol. The van der Waals surface area contributed by atoms with Gasteiger partial charge in [0.1, 0.15) is 0 Å². The average Bonchev–Trinajstić information content (AvgIpc) is 2.19. The van der Waals surface area contributed by atoms with Gasteiger partial charge < -0.3 is 4.90 Å². The molecule has 80 valence electrons. The minimum atomic E-state index is 0.315. The van der Waals surface area contributed by atoms with Crippen LogP contribution in [0.3, 0.4) is 0 Å². The van der Waals surface area contributed by atoms with E-state index in [1.165, 1.54) is 5.57 Å². The van der Waals surface area contributed by atoms with Crippen molar-refractivity contribution >= 4 is 21.8 Å². The van der Waals surface area contributed by atoms with E-state index in [9.17, 15) is 4.79 Å². The highest BCUT2D eigenvalue weighted by Gasteiger charge is 2.14.